The Balaban J connectivity index is 0.000000547. The highest BCUT2D eigenvalue weighted by Crippen LogP contribution is 2.38. The fourth-order valence-electron chi connectivity index (χ4n) is 2.63. The number of hydrogen-bond acceptors (Lipinski definition) is 3. The first-order valence-corrected chi connectivity index (χ1v) is 8.67. The fourth-order valence-corrected chi connectivity index (χ4v) is 2.92. The molecule has 1 saturated carbocycles. The molecule has 1 aliphatic carbocycles. The van der Waals surface area contributed by atoms with Gasteiger partial charge in [-0.15, -0.1) is 0 Å². The molecular formula is C18H14ClF2N5O. The third-order valence-corrected chi connectivity index (χ3v) is 4.39. The molecular weight excluding hydrogens is 376 g/mol. The molecule has 1 amide bonds. The van der Waals surface area contributed by atoms with E-state index in [0.29, 0.717) is 34.4 Å². The SMILES string of the molecule is C1CC1.O=CNc1cn2cc(-c3c(Cl)c(F)c(F)c4[nH]ncc34)ccc2n1. The molecule has 27 heavy (non-hydrogen) atoms. The molecule has 138 valence electrons. The van der Waals surface area contributed by atoms with Crippen molar-refractivity contribution in [2.24, 2.45) is 0 Å². The van der Waals surface area contributed by atoms with E-state index in [-0.39, 0.29) is 10.5 Å². The number of halogens is 3. The zero-order valence-corrected chi connectivity index (χ0v) is 14.7. The number of H-pyrrole nitrogens is 1. The number of aromatic nitrogens is 4. The summed E-state index contributed by atoms with van der Waals surface area (Å²) in [5, 5.41) is 8.68. The molecule has 0 spiro atoms. The van der Waals surface area contributed by atoms with E-state index in [9.17, 15) is 13.6 Å². The highest BCUT2D eigenvalue weighted by atomic mass is 35.5. The van der Waals surface area contributed by atoms with Crippen LogP contribution in [0.3, 0.4) is 0 Å². The van der Waals surface area contributed by atoms with Crippen LogP contribution in [0.2, 0.25) is 5.02 Å². The molecule has 9 heteroatoms. The van der Waals surface area contributed by atoms with Crippen molar-refractivity contribution in [1.29, 1.82) is 0 Å². The van der Waals surface area contributed by atoms with E-state index >= 15 is 0 Å². The summed E-state index contributed by atoms with van der Waals surface area (Å²) in [7, 11) is 0. The van der Waals surface area contributed by atoms with Crippen LogP contribution in [-0.4, -0.2) is 26.0 Å². The van der Waals surface area contributed by atoms with Crippen LogP contribution in [0.1, 0.15) is 19.3 Å². The minimum atomic E-state index is -1.14. The van der Waals surface area contributed by atoms with Crippen LogP contribution < -0.4 is 5.32 Å². The van der Waals surface area contributed by atoms with E-state index in [1.807, 2.05) is 0 Å². The summed E-state index contributed by atoms with van der Waals surface area (Å²) >= 11 is 6.03. The maximum absolute atomic E-state index is 14.1. The standard InChI is InChI=1S/C15H8ClF2N5O.C3H6/c16-12-11(8-3-20-22-15(8)14(18)13(12)17)7-1-2-10-21-9(19-6-24)5-23(10)4-7;1-2-3-1/h1-6H,(H,19,24)(H,20,22);1-3H2. The van der Waals surface area contributed by atoms with Crippen LogP contribution in [0, 0.1) is 11.6 Å². The summed E-state index contributed by atoms with van der Waals surface area (Å²) in [4.78, 5) is 14.7. The Hall–Kier alpha value is -3.00. The van der Waals surface area contributed by atoms with Gasteiger partial charge in [0.25, 0.3) is 0 Å². The summed E-state index contributed by atoms with van der Waals surface area (Å²) in [6.45, 7) is 0. The van der Waals surface area contributed by atoms with Gasteiger partial charge >= 0.3 is 0 Å². The van der Waals surface area contributed by atoms with Gasteiger partial charge in [0.1, 0.15) is 11.2 Å². The molecule has 3 heterocycles. The summed E-state index contributed by atoms with van der Waals surface area (Å²) in [6.07, 6.45) is 9.65. The summed E-state index contributed by atoms with van der Waals surface area (Å²) in [6, 6.07) is 3.35. The van der Waals surface area contributed by atoms with Crippen molar-refractivity contribution in [3.63, 3.8) is 0 Å². The molecule has 5 rings (SSSR count). The largest absolute Gasteiger partial charge is 0.312 e. The maximum Gasteiger partial charge on any atom is 0.212 e. The number of amides is 1. The number of carbonyl (C=O) groups excluding carboxylic acids is 1. The number of anilines is 1. The Morgan fingerprint density at radius 1 is 1.19 bits per heavy atom. The van der Waals surface area contributed by atoms with E-state index in [4.69, 9.17) is 11.6 Å². The van der Waals surface area contributed by atoms with E-state index in [0.717, 1.165) is 0 Å². The average molecular weight is 390 g/mol. The summed E-state index contributed by atoms with van der Waals surface area (Å²) in [5.41, 5.74) is 1.39. The first-order valence-electron chi connectivity index (χ1n) is 8.29. The van der Waals surface area contributed by atoms with Gasteiger partial charge in [-0.25, -0.2) is 13.8 Å². The Morgan fingerprint density at radius 2 is 1.96 bits per heavy atom. The fraction of sp³-hybridized carbons (Fsp3) is 0.167. The number of benzene rings is 1. The molecule has 2 N–H and O–H groups in total. The van der Waals surface area contributed by atoms with Crippen molar-refractivity contribution in [3.8, 4) is 11.1 Å². The molecule has 1 aliphatic rings. The van der Waals surface area contributed by atoms with Crippen molar-refractivity contribution in [2.75, 3.05) is 5.32 Å². The molecule has 1 fully saturated rings. The predicted molar refractivity (Wildman–Crippen MR) is 98.7 cm³/mol. The van der Waals surface area contributed by atoms with E-state index in [1.54, 1.807) is 28.9 Å². The van der Waals surface area contributed by atoms with E-state index in [1.165, 1.54) is 25.5 Å². The molecule has 1 aromatic carbocycles. The third kappa shape index (κ3) is 3.23. The van der Waals surface area contributed by atoms with Gasteiger partial charge in [-0.05, 0) is 12.1 Å². The van der Waals surface area contributed by atoms with Crippen molar-refractivity contribution in [1.82, 2.24) is 19.6 Å². The third-order valence-electron chi connectivity index (χ3n) is 4.03. The van der Waals surface area contributed by atoms with Gasteiger partial charge in [0, 0.05) is 22.7 Å². The number of carbonyl (C=O) groups is 1. The Labute approximate surface area is 157 Å². The topological polar surface area (TPSA) is 75.1 Å². The minimum Gasteiger partial charge on any atom is -0.312 e. The van der Waals surface area contributed by atoms with Crippen LogP contribution in [0.5, 0.6) is 0 Å². The maximum atomic E-state index is 14.1. The number of fused-ring (bicyclic) bond motifs is 2. The Morgan fingerprint density at radius 3 is 2.67 bits per heavy atom. The number of aromatic amines is 1. The summed E-state index contributed by atoms with van der Waals surface area (Å²) in [5.74, 6) is -1.85. The van der Waals surface area contributed by atoms with E-state index in [2.05, 4.69) is 20.5 Å². The van der Waals surface area contributed by atoms with Gasteiger partial charge in [-0.1, -0.05) is 30.9 Å². The average Bonchev–Trinajstić information content (AvgIpc) is 3.37. The monoisotopic (exact) mass is 389 g/mol. The lowest BCUT2D eigenvalue weighted by molar-refractivity contribution is -0.105. The second-order valence-corrected chi connectivity index (χ2v) is 6.49. The predicted octanol–water partition coefficient (Wildman–Crippen LogP) is 4.55. The molecule has 4 aromatic rings. The molecule has 0 bridgehead atoms. The highest BCUT2D eigenvalue weighted by Gasteiger charge is 2.21. The highest BCUT2D eigenvalue weighted by molar-refractivity contribution is 6.35. The summed E-state index contributed by atoms with van der Waals surface area (Å²) < 4.78 is 29.7. The van der Waals surface area contributed by atoms with E-state index < -0.39 is 11.6 Å². The Bertz CT molecular complexity index is 1150. The molecule has 0 saturated heterocycles. The number of pyridine rings is 1. The lowest BCUT2D eigenvalue weighted by Crippen LogP contribution is -1.94. The van der Waals surface area contributed by atoms with Crippen LogP contribution in [0.25, 0.3) is 27.7 Å². The molecule has 0 atom stereocenters. The lowest BCUT2D eigenvalue weighted by atomic mass is 10.0. The molecule has 3 aromatic heterocycles. The normalized spacial score (nSPS) is 12.7. The lowest BCUT2D eigenvalue weighted by Gasteiger charge is -2.09. The molecule has 6 nitrogen and oxygen atoms in total. The molecule has 0 aliphatic heterocycles. The van der Waals surface area contributed by atoms with Gasteiger partial charge < -0.3 is 9.72 Å². The smallest absolute Gasteiger partial charge is 0.212 e. The van der Waals surface area contributed by atoms with Gasteiger partial charge in [-0.3, -0.25) is 9.89 Å². The van der Waals surface area contributed by atoms with Crippen LogP contribution in [0.15, 0.2) is 30.7 Å². The van der Waals surface area contributed by atoms with Gasteiger partial charge in [0.15, 0.2) is 17.5 Å². The van der Waals surface area contributed by atoms with Crippen molar-refractivity contribution in [3.05, 3.63) is 47.4 Å². The van der Waals surface area contributed by atoms with Crippen molar-refractivity contribution >= 4 is 40.4 Å². The quantitative estimate of drug-likeness (QED) is 0.399. The minimum absolute atomic E-state index is 0.0547. The zero-order chi connectivity index (χ0) is 19.0. The zero-order valence-electron chi connectivity index (χ0n) is 14.0. The number of hydrogen-bond donors (Lipinski definition) is 2. The second kappa shape index (κ2) is 6.96. The van der Waals surface area contributed by atoms with Crippen LogP contribution in [-0.2, 0) is 4.79 Å². The van der Waals surface area contributed by atoms with Crippen LogP contribution >= 0.6 is 11.6 Å². The molecule has 0 radical (unpaired) electrons. The van der Waals surface area contributed by atoms with Crippen molar-refractivity contribution < 1.29 is 13.6 Å². The van der Waals surface area contributed by atoms with Gasteiger partial charge in [-0.2, -0.15) is 5.10 Å². The first-order chi connectivity index (χ1) is 13.1. The first kappa shape index (κ1) is 17.4. The number of imidazole rings is 1. The van der Waals surface area contributed by atoms with Crippen LogP contribution in [0.4, 0.5) is 14.6 Å². The van der Waals surface area contributed by atoms with Crippen molar-refractivity contribution in [2.45, 2.75) is 19.3 Å². The Kier molecular flexibility index (Phi) is 4.49. The van der Waals surface area contributed by atoms with Gasteiger partial charge in [0.2, 0.25) is 6.41 Å². The number of nitrogens with zero attached hydrogens (tertiary/aromatic N) is 3. The second-order valence-electron chi connectivity index (χ2n) is 6.11. The number of rotatable bonds is 3. The number of nitrogens with one attached hydrogen (secondary N) is 2. The van der Waals surface area contributed by atoms with Gasteiger partial charge in [0.05, 0.1) is 17.4 Å². The molecule has 0 unspecified atom stereocenters.